The van der Waals surface area contributed by atoms with E-state index in [0.717, 1.165) is 28.7 Å². The van der Waals surface area contributed by atoms with Crippen LogP contribution in [0.1, 0.15) is 98.6 Å². The zero-order chi connectivity index (χ0) is 21.8. The van der Waals surface area contributed by atoms with Crippen molar-refractivity contribution in [1.82, 2.24) is 0 Å². The molecule has 2 N–H and O–H groups in total. The Kier molecular flexibility index (Phi) is 7.80. The molecule has 0 spiro atoms. The molecule has 0 radical (unpaired) electrons. The second kappa shape index (κ2) is 9.69. The van der Waals surface area contributed by atoms with Gasteiger partial charge in [0, 0.05) is 5.92 Å². The van der Waals surface area contributed by atoms with E-state index in [1.54, 1.807) is 0 Å². The second-order valence-corrected chi connectivity index (χ2v) is 9.72. The van der Waals surface area contributed by atoms with Crippen LogP contribution in [0.25, 0.3) is 0 Å². The highest BCUT2D eigenvalue weighted by Gasteiger charge is 2.21. The lowest BCUT2D eigenvalue weighted by molar-refractivity contribution is 0.285. The molecule has 0 saturated carbocycles. The van der Waals surface area contributed by atoms with E-state index in [1.165, 1.54) is 43.2 Å². The molecule has 29 heavy (non-hydrogen) atoms. The van der Waals surface area contributed by atoms with Gasteiger partial charge in [-0.1, -0.05) is 64.3 Å². The number of phenolic OH excluding ortho intramolecular Hbond substituents is 2. The summed E-state index contributed by atoms with van der Waals surface area (Å²) in [4.78, 5) is 0. The normalized spacial score (nSPS) is 12.0. The summed E-state index contributed by atoms with van der Waals surface area (Å²) in [5.41, 5.74) is 6.62. The third-order valence-corrected chi connectivity index (χ3v) is 6.38. The maximum Gasteiger partial charge on any atom is 0.121 e. The molecule has 0 saturated heterocycles. The van der Waals surface area contributed by atoms with Crippen molar-refractivity contribution in [2.45, 2.75) is 92.9 Å². The van der Waals surface area contributed by atoms with Crippen molar-refractivity contribution in [3.05, 3.63) is 57.6 Å². The summed E-state index contributed by atoms with van der Waals surface area (Å²) < 4.78 is 0. The average Bonchev–Trinajstić information content (AvgIpc) is 2.65. The third kappa shape index (κ3) is 6.01. The Morgan fingerprint density at radius 3 is 1.48 bits per heavy atom. The lowest BCUT2D eigenvalue weighted by Gasteiger charge is -2.27. The zero-order valence-electron chi connectivity index (χ0n) is 19.5. The number of phenols is 2. The van der Waals surface area contributed by atoms with Gasteiger partial charge in [-0.2, -0.15) is 0 Å². The predicted molar refractivity (Wildman–Crippen MR) is 124 cm³/mol. The van der Waals surface area contributed by atoms with Crippen LogP contribution >= 0.6 is 0 Å². The van der Waals surface area contributed by atoms with Crippen LogP contribution in [0.5, 0.6) is 11.5 Å². The zero-order valence-corrected chi connectivity index (χ0v) is 19.5. The molecule has 2 rings (SSSR count). The minimum absolute atomic E-state index is 0.271. The Morgan fingerprint density at radius 2 is 1.10 bits per heavy atom. The fraction of sp³-hybridized carbons (Fsp3) is 0.556. The highest BCUT2D eigenvalue weighted by Crippen LogP contribution is 2.38. The van der Waals surface area contributed by atoms with Gasteiger partial charge in [-0.15, -0.1) is 0 Å². The minimum atomic E-state index is 0.271. The maximum absolute atomic E-state index is 10.2. The second-order valence-electron chi connectivity index (χ2n) is 9.72. The first-order chi connectivity index (χ1) is 13.6. The van der Waals surface area contributed by atoms with E-state index in [9.17, 15) is 10.2 Å². The smallest absolute Gasteiger partial charge is 0.121 e. The van der Waals surface area contributed by atoms with Gasteiger partial charge in [0.05, 0.1) is 0 Å². The van der Waals surface area contributed by atoms with Gasteiger partial charge in [-0.25, -0.2) is 0 Å². The Morgan fingerprint density at radius 1 is 0.724 bits per heavy atom. The number of benzene rings is 2. The summed E-state index contributed by atoms with van der Waals surface area (Å²) in [6.45, 7) is 14.9. The Labute approximate surface area is 178 Å². The van der Waals surface area contributed by atoms with E-state index in [-0.39, 0.29) is 5.92 Å². The molecule has 0 fully saturated rings. The molecule has 0 aliphatic carbocycles. The van der Waals surface area contributed by atoms with Gasteiger partial charge in [0.2, 0.25) is 0 Å². The summed E-state index contributed by atoms with van der Waals surface area (Å²) in [5.74, 6) is 1.06. The summed E-state index contributed by atoms with van der Waals surface area (Å²) >= 11 is 0. The van der Waals surface area contributed by atoms with Crippen molar-refractivity contribution >= 4 is 0 Å². The van der Waals surface area contributed by atoms with Crippen LogP contribution in [0.2, 0.25) is 0 Å². The summed E-state index contributed by atoms with van der Waals surface area (Å²) in [7, 11) is 0. The first kappa shape index (κ1) is 23.3. The van der Waals surface area contributed by atoms with Crippen molar-refractivity contribution in [1.29, 1.82) is 0 Å². The highest BCUT2D eigenvalue weighted by molar-refractivity contribution is 5.49. The lowest BCUT2D eigenvalue weighted by atomic mass is 9.79. The first-order valence-corrected chi connectivity index (χ1v) is 11.2. The fourth-order valence-corrected chi connectivity index (χ4v) is 4.47. The largest absolute Gasteiger partial charge is 0.507 e. The SMILES string of the molecule is CCCCC(C)(C)CCCC(c1cc(C)c(O)c(C)c1)c1cc(C)c(O)c(C)c1. The van der Waals surface area contributed by atoms with E-state index < -0.39 is 0 Å². The summed E-state index contributed by atoms with van der Waals surface area (Å²) in [6, 6.07) is 8.53. The van der Waals surface area contributed by atoms with Gasteiger partial charge in [-0.3, -0.25) is 0 Å². The molecule has 0 unspecified atom stereocenters. The standard InChI is InChI=1S/C27H40O2/c1-8-9-12-27(6,7)13-10-11-24(22-14-18(2)25(28)19(3)15-22)23-16-20(4)26(29)21(5)17-23/h14-17,24,28-29H,8-13H2,1-7H3. The third-order valence-electron chi connectivity index (χ3n) is 6.38. The molecular weight excluding hydrogens is 356 g/mol. The van der Waals surface area contributed by atoms with Crippen LogP contribution < -0.4 is 0 Å². The molecule has 2 aromatic rings. The van der Waals surface area contributed by atoms with E-state index in [2.05, 4.69) is 45.0 Å². The predicted octanol–water partition coefficient (Wildman–Crippen LogP) is 7.85. The quantitative estimate of drug-likeness (QED) is 0.453. The van der Waals surface area contributed by atoms with Gasteiger partial charge >= 0.3 is 0 Å². The molecule has 0 aliphatic rings. The van der Waals surface area contributed by atoms with Crippen LogP contribution in [-0.2, 0) is 0 Å². The maximum atomic E-state index is 10.2. The van der Waals surface area contributed by atoms with Crippen molar-refractivity contribution < 1.29 is 10.2 Å². The van der Waals surface area contributed by atoms with Crippen LogP contribution in [0.4, 0.5) is 0 Å². The number of hydrogen-bond acceptors (Lipinski definition) is 2. The van der Waals surface area contributed by atoms with Crippen molar-refractivity contribution in [3.63, 3.8) is 0 Å². The Balaban J connectivity index is 2.34. The number of rotatable bonds is 9. The lowest BCUT2D eigenvalue weighted by Crippen LogP contribution is -2.12. The van der Waals surface area contributed by atoms with E-state index >= 15 is 0 Å². The summed E-state index contributed by atoms with van der Waals surface area (Å²) in [5, 5.41) is 20.5. The Bertz CT molecular complexity index is 729. The molecule has 0 amide bonds. The number of aromatic hydroxyl groups is 2. The molecule has 2 nitrogen and oxygen atoms in total. The highest BCUT2D eigenvalue weighted by atomic mass is 16.3. The van der Waals surface area contributed by atoms with Gasteiger partial charge < -0.3 is 10.2 Å². The van der Waals surface area contributed by atoms with E-state index in [4.69, 9.17) is 0 Å². The van der Waals surface area contributed by atoms with Gasteiger partial charge in [0.25, 0.3) is 0 Å². The molecule has 2 aromatic carbocycles. The number of aryl methyl sites for hydroxylation is 4. The Hall–Kier alpha value is -1.96. The molecular formula is C27H40O2. The molecule has 0 bridgehead atoms. The van der Waals surface area contributed by atoms with E-state index in [1.807, 2.05) is 27.7 Å². The topological polar surface area (TPSA) is 40.5 Å². The first-order valence-electron chi connectivity index (χ1n) is 11.2. The van der Waals surface area contributed by atoms with Crippen molar-refractivity contribution in [2.24, 2.45) is 5.41 Å². The van der Waals surface area contributed by atoms with Gasteiger partial charge in [-0.05, 0) is 85.8 Å². The number of hydrogen-bond donors (Lipinski definition) is 2. The van der Waals surface area contributed by atoms with Crippen LogP contribution in [0, 0.1) is 33.1 Å². The van der Waals surface area contributed by atoms with Crippen molar-refractivity contribution in [2.75, 3.05) is 0 Å². The van der Waals surface area contributed by atoms with Crippen LogP contribution in [-0.4, -0.2) is 10.2 Å². The van der Waals surface area contributed by atoms with E-state index in [0.29, 0.717) is 16.9 Å². The molecule has 0 atom stereocenters. The molecule has 2 heteroatoms. The minimum Gasteiger partial charge on any atom is -0.507 e. The van der Waals surface area contributed by atoms with Gasteiger partial charge in [0.15, 0.2) is 0 Å². The summed E-state index contributed by atoms with van der Waals surface area (Å²) in [6.07, 6.45) is 7.29. The molecule has 0 aliphatic heterocycles. The molecule has 0 aromatic heterocycles. The molecule has 0 heterocycles. The number of unbranched alkanes of at least 4 members (excludes halogenated alkanes) is 1. The average molecular weight is 397 g/mol. The fourth-order valence-electron chi connectivity index (χ4n) is 4.47. The van der Waals surface area contributed by atoms with Gasteiger partial charge in [0.1, 0.15) is 11.5 Å². The van der Waals surface area contributed by atoms with Crippen molar-refractivity contribution in [3.8, 4) is 11.5 Å². The van der Waals surface area contributed by atoms with Crippen LogP contribution in [0.15, 0.2) is 24.3 Å². The molecule has 160 valence electrons. The monoisotopic (exact) mass is 396 g/mol. The van der Waals surface area contributed by atoms with Crippen LogP contribution in [0.3, 0.4) is 0 Å².